The summed E-state index contributed by atoms with van der Waals surface area (Å²) in [6, 6.07) is 69.1. The molecule has 11 rings (SSSR count). The van der Waals surface area contributed by atoms with Crippen LogP contribution in [0.3, 0.4) is 0 Å². The Morgan fingerprint density at radius 1 is 0.329 bits per heavy atom. The van der Waals surface area contributed by atoms with E-state index in [4.69, 9.17) is 0 Å². The van der Waals surface area contributed by atoms with Gasteiger partial charge in [0.2, 0.25) is 0 Å². The molecule has 344 valence electrons. The summed E-state index contributed by atoms with van der Waals surface area (Å²) in [4.78, 5) is 5.17. The summed E-state index contributed by atoms with van der Waals surface area (Å²) in [5.41, 5.74) is 30.2. The van der Waals surface area contributed by atoms with Crippen LogP contribution >= 0.6 is 0 Å². The summed E-state index contributed by atoms with van der Waals surface area (Å²) in [7, 11) is 0. The Balaban J connectivity index is 1.17. The molecule has 0 aliphatic carbocycles. The SMILES string of the molecule is Cc1cc2c3c(c1)N(c1cccc(C(C)(C)C)c1)c1cc(-c4c(C)cc(-c5ccccc5)cc4C)ccc1B3c1ccc(-c3c(C)cc(-c4ccccc4)cc3C)cc1N2c1cccc(C(C)(C)C)c1. The van der Waals surface area contributed by atoms with Crippen molar-refractivity contribution in [2.75, 3.05) is 9.80 Å². The fourth-order valence-electron chi connectivity index (χ4n) is 11.6. The Labute approximate surface area is 417 Å². The molecule has 3 heteroatoms. The standard InChI is InChI=1S/C67H63BN2/c1-42-32-61-65-62(33-42)70(56-27-19-25-54(41-56)67(9,10)11)60-39-50(64-45(4)36-52(37-46(64)5)48-22-16-13-17-23-48)29-31-58(60)68(65)57-30-28-49(38-59(57)69(61)55-26-18-24-53(40-55)66(6,7)8)63-43(2)34-51(35-44(63)3)47-20-14-12-15-21-47/h12-41H,1-11H3. The van der Waals surface area contributed by atoms with Gasteiger partial charge in [-0.2, -0.15) is 0 Å². The Bertz CT molecular complexity index is 3240. The molecule has 2 aliphatic rings. The summed E-state index contributed by atoms with van der Waals surface area (Å²) >= 11 is 0. The van der Waals surface area contributed by atoms with Crippen molar-refractivity contribution in [3.05, 3.63) is 221 Å². The fraction of sp³-hybridized carbons (Fsp3) is 0.194. The minimum Gasteiger partial charge on any atom is -0.311 e. The van der Waals surface area contributed by atoms with E-state index in [0.717, 1.165) is 0 Å². The molecule has 2 aliphatic heterocycles. The van der Waals surface area contributed by atoms with Gasteiger partial charge in [0.15, 0.2) is 0 Å². The van der Waals surface area contributed by atoms with Crippen LogP contribution < -0.4 is 26.2 Å². The summed E-state index contributed by atoms with van der Waals surface area (Å²) in [5.74, 6) is 0. The van der Waals surface area contributed by atoms with Gasteiger partial charge in [-0.1, -0.05) is 175 Å². The first-order valence-electron chi connectivity index (χ1n) is 25.1. The Kier molecular flexibility index (Phi) is 10.9. The molecular weight excluding hydrogens is 844 g/mol. The van der Waals surface area contributed by atoms with Crippen LogP contribution in [0.2, 0.25) is 0 Å². The van der Waals surface area contributed by atoms with Crippen LogP contribution in [0.4, 0.5) is 34.1 Å². The van der Waals surface area contributed by atoms with Crippen molar-refractivity contribution < 1.29 is 0 Å². The molecular formula is C67H63BN2. The zero-order chi connectivity index (χ0) is 48.8. The number of nitrogens with zero attached hydrogens (tertiary/aromatic N) is 2. The lowest BCUT2D eigenvalue weighted by molar-refractivity contribution is 0.590. The van der Waals surface area contributed by atoms with Crippen LogP contribution in [-0.4, -0.2) is 6.71 Å². The predicted octanol–water partition coefficient (Wildman–Crippen LogP) is 16.6. The van der Waals surface area contributed by atoms with Crippen LogP contribution in [0.15, 0.2) is 182 Å². The van der Waals surface area contributed by atoms with Crippen molar-refractivity contribution in [1.82, 2.24) is 0 Å². The zero-order valence-electron chi connectivity index (χ0n) is 42.8. The van der Waals surface area contributed by atoms with E-state index in [0.29, 0.717) is 0 Å². The Hall–Kier alpha value is -7.36. The second-order valence-electron chi connectivity index (χ2n) is 22.2. The topological polar surface area (TPSA) is 6.48 Å². The van der Waals surface area contributed by atoms with Gasteiger partial charge in [-0.15, -0.1) is 0 Å². The summed E-state index contributed by atoms with van der Waals surface area (Å²) in [6.07, 6.45) is 0. The van der Waals surface area contributed by atoms with E-state index in [-0.39, 0.29) is 17.5 Å². The van der Waals surface area contributed by atoms with E-state index in [2.05, 4.69) is 268 Å². The molecule has 0 radical (unpaired) electrons. The van der Waals surface area contributed by atoms with Crippen molar-refractivity contribution in [1.29, 1.82) is 0 Å². The van der Waals surface area contributed by atoms with Crippen LogP contribution in [0, 0.1) is 34.6 Å². The third kappa shape index (κ3) is 7.77. The van der Waals surface area contributed by atoms with E-state index < -0.39 is 0 Å². The van der Waals surface area contributed by atoms with E-state index in [1.165, 1.54) is 134 Å². The first-order valence-corrected chi connectivity index (χ1v) is 25.1. The maximum absolute atomic E-state index is 2.59. The third-order valence-electron chi connectivity index (χ3n) is 15.0. The van der Waals surface area contributed by atoms with Crippen LogP contribution in [0.1, 0.15) is 80.5 Å². The Morgan fingerprint density at radius 2 is 0.714 bits per heavy atom. The van der Waals surface area contributed by atoms with Gasteiger partial charge < -0.3 is 9.80 Å². The minimum absolute atomic E-state index is 0.00639. The molecule has 70 heavy (non-hydrogen) atoms. The molecule has 0 saturated carbocycles. The third-order valence-corrected chi connectivity index (χ3v) is 15.0. The second kappa shape index (κ2) is 17.0. The monoisotopic (exact) mass is 907 g/mol. The molecule has 0 bridgehead atoms. The number of rotatable bonds is 6. The lowest BCUT2D eigenvalue weighted by Crippen LogP contribution is -2.61. The molecule has 9 aromatic rings. The van der Waals surface area contributed by atoms with Crippen LogP contribution in [0.5, 0.6) is 0 Å². The molecule has 2 heterocycles. The minimum atomic E-state index is -0.0239. The number of hydrogen-bond acceptors (Lipinski definition) is 2. The lowest BCUT2D eigenvalue weighted by Gasteiger charge is -2.45. The quantitative estimate of drug-likeness (QED) is 0.153. The van der Waals surface area contributed by atoms with Crippen molar-refractivity contribution in [3.8, 4) is 44.5 Å². The second-order valence-corrected chi connectivity index (χ2v) is 22.2. The van der Waals surface area contributed by atoms with Gasteiger partial charge in [0.25, 0.3) is 6.71 Å². The number of anilines is 6. The van der Waals surface area contributed by atoms with Crippen molar-refractivity contribution >= 4 is 57.2 Å². The maximum Gasteiger partial charge on any atom is 0.252 e. The highest BCUT2D eigenvalue weighted by Crippen LogP contribution is 2.48. The van der Waals surface area contributed by atoms with E-state index in [1.54, 1.807) is 0 Å². The fourth-order valence-corrected chi connectivity index (χ4v) is 11.6. The maximum atomic E-state index is 2.59. The smallest absolute Gasteiger partial charge is 0.252 e. The highest BCUT2D eigenvalue weighted by Gasteiger charge is 2.44. The molecule has 0 fully saturated rings. The van der Waals surface area contributed by atoms with Crippen molar-refractivity contribution in [3.63, 3.8) is 0 Å². The molecule has 9 aromatic carbocycles. The number of fused-ring (bicyclic) bond motifs is 4. The van der Waals surface area contributed by atoms with Gasteiger partial charge >= 0.3 is 0 Å². The largest absolute Gasteiger partial charge is 0.311 e. The van der Waals surface area contributed by atoms with E-state index >= 15 is 0 Å². The van der Waals surface area contributed by atoms with Gasteiger partial charge in [-0.25, -0.2) is 0 Å². The van der Waals surface area contributed by atoms with E-state index in [9.17, 15) is 0 Å². The van der Waals surface area contributed by atoms with Gasteiger partial charge in [0.1, 0.15) is 0 Å². The highest BCUT2D eigenvalue weighted by atomic mass is 15.2. The van der Waals surface area contributed by atoms with Crippen molar-refractivity contribution in [2.45, 2.75) is 87.0 Å². The number of benzene rings is 9. The predicted molar refractivity (Wildman–Crippen MR) is 303 cm³/mol. The van der Waals surface area contributed by atoms with Crippen LogP contribution in [0.25, 0.3) is 44.5 Å². The summed E-state index contributed by atoms with van der Waals surface area (Å²) in [6.45, 7) is 25.3. The molecule has 0 atom stereocenters. The summed E-state index contributed by atoms with van der Waals surface area (Å²) < 4.78 is 0. The Morgan fingerprint density at radius 3 is 1.09 bits per heavy atom. The number of hydrogen-bond donors (Lipinski definition) is 0. The first kappa shape index (κ1) is 45.1. The van der Waals surface area contributed by atoms with Gasteiger partial charge in [-0.3, -0.25) is 0 Å². The number of aryl methyl sites for hydroxylation is 5. The van der Waals surface area contributed by atoms with Gasteiger partial charge in [0, 0.05) is 34.1 Å². The molecule has 0 N–H and O–H groups in total. The lowest BCUT2D eigenvalue weighted by atomic mass is 9.33. The average Bonchev–Trinajstić information content (AvgIpc) is 3.33. The molecule has 0 unspecified atom stereocenters. The van der Waals surface area contributed by atoms with E-state index in [1.807, 2.05) is 0 Å². The average molecular weight is 907 g/mol. The van der Waals surface area contributed by atoms with Crippen LogP contribution in [-0.2, 0) is 10.8 Å². The molecule has 0 spiro atoms. The normalized spacial score (nSPS) is 13.0. The van der Waals surface area contributed by atoms with Crippen molar-refractivity contribution in [2.24, 2.45) is 0 Å². The summed E-state index contributed by atoms with van der Waals surface area (Å²) in [5, 5.41) is 0. The first-order chi connectivity index (χ1) is 33.5. The molecule has 0 amide bonds. The van der Waals surface area contributed by atoms with Gasteiger partial charge in [0.05, 0.1) is 0 Å². The van der Waals surface area contributed by atoms with Gasteiger partial charge in [-0.05, 0) is 194 Å². The zero-order valence-corrected chi connectivity index (χ0v) is 42.8. The molecule has 0 aromatic heterocycles. The molecule has 2 nitrogen and oxygen atoms in total. The highest BCUT2D eigenvalue weighted by molar-refractivity contribution is 7.00. The molecule has 0 saturated heterocycles.